The Labute approximate surface area is 171 Å². The Hall–Kier alpha value is -3.28. The predicted octanol–water partition coefficient (Wildman–Crippen LogP) is 5.79. The third-order valence-electron chi connectivity index (χ3n) is 5.50. The fraction of sp³-hybridized carbons (Fsp3) is 0. The molecule has 0 fully saturated rings. The van der Waals surface area contributed by atoms with Crippen LogP contribution in [-0.2, 0) is 0 Å². The van der Waals surface area contributed by atoms with E-state index < -0.39 is 0 Å². The molecule has 2 aromatic heterocycles. The summed E-state index contributed by atoms with van der Waals surface area (Å²) in [4.78, 5) is 0. The van der Waals surface area contributed by atoms with Gasteiger partial charge in [0.1, 0.15) is 5.75 Å². The van der Waals surface area contributed by atoms with Crippen molar-refractivity contribution in [2.75, 3.05) is 0 Å². The number of aromatic nitrogens is 1. The molecular formula is C24H16BNO2S. The van der Waals surface area contributed by atoms with E-state index in [4.69, 9.17) is 9.68 Å². The molecule has 0 spiro atoms. The van der Waals surface area contributed by atoms with Gasteiger partial charge in [0.15, 0.2) is 0 Å². The van der Waals surface area contributed by atoms with E-state index in [9.17, 15) is 0 Å². The van der Waals surface area contributed by atoms with Gasteiger partial charge in [-0.3, -0.25) is 0 Å². The van der Waals surface area contributed by atoms with Gasteiger partial charge in [-0.2, -0.15) is 0 Å². The first-order valence-corrected chi connectivity index (χ1v) is 10.3. The summed E-state index contributed by atoms with van der Waals surface area (Å²) < 4.78 is 10.3. The van der Waals surface area contributed by atoms with E-state index in [0.717, 1.165) is 16.4 Å². The van der Waals surface area contributed by atoms with Gasteiger partial charge in [0.2, 0.25) is 0 Å². The summed E-state index contributed by atoms with van der Waals surface area (Å²) in [5, 5.41) is 14.0. The smallest absolute Gasteiger partial charge is 0.504 e. The van der Waals surface area contributed by atoms with Crippen molar-refractivity contribution in [3.8, 4) is 11.4 Å². The second kappa shape index (κ2) is 6.37. The molecule has 138 valence electrons. The van der Waals surface area contributed by atoms with E-state index in [2.05, 4.69) is 77.4 Å². The topological polar surface area (TPSA) is 34.4 Å². The Balaban J connectivity index is 1.75. The van der Waals surface area contributed by atoms with Crippen LogP contribution in [0.2, 0.25) is 0 Å². The Bertz CT molecular complexity index is 1530. The quantitative estimate of drug-likeness (QED) is 0.386. The highest BCUT2D eigenvalue weighted by molar-refractivity contribution is 7.26. The van der Waals surface area contributed by atoms with Gasteiger partial charge in [-0.15, -0.1) is 11.3 Å². The highest BCUT2D eigenvalue weighted by atomic mass is 32.1. The molecule has 0 saturated heterocycles. The molecule has 2 heterocycles. The Kier molecular flexibility index (Phi) is 3.66. The number of benzene rings is 4. The molecule has 0 aliphatic carbocycles. The van der Waals surface area contributed by atoms with Crippen LogP contribution < -0.4 is 4.65 Å². The second-order valence-corrected chi connectivity index (χ2v) is 8.11. The average Bonchev–Trinajstić information content (AvgIpc) is 3.30. The normalized spacial score (nSPS) is 11.6. The SMILES string of the molecule is OBOc1ccc2c(c1)c1ccccc1n2-c1cccc2c1sc1ccccc12. The summed E-state index contributed by atoms with van der Waals surface area (Å²) in [5.41, 5.74) is 3.47. The highest BCUT2D eigenvalue weighted by Crippen LogP contribution is 2.41. The molecule has 0 unspecified atom stereocenters. The molecule has 29 heavy (non-hydrogen) atoms. The number of nitrogens with zero attached hydrogens (tertiary/aromatic N) is 1. The van der Waals surface area contributed by atoms with E-state index in [1.54, 1.807) is 0 Å². The molecular weight excluding hydrogens is 377 g/mol. The van der Waals surface area contributed by atoms with Gasteiger partial charge < -0.3 is 14.2 Å². The van der Waals surface area contributed by atoms with Gasteiger partial charge in [-0.1, -0.05) is 48.5 Å². The third kappa shape index (κ3) is 2.41. The Morgan fingerprint density at radius 1 is 0.724 bits per heavy atom. The lowest BCUT2D eigenvalue weighted by molar-refractivity contribution is 0.454. The summed E-state index contributed by atoms with van der Waals surface area (Å²) >= 11 is 1.84. The van der Waals surface area contributed by atoms with Gasteiger partial charge in [-0.05, 0) is 36.4 Å². The number of fused-ring (bicyclic) bond motifs is 6. The number of thiophene rings is 1. The zero-order valence-corrected chi connectivity index (χ0v) is 16.3. The maximum Gasteiger partial charge on any atom is 0.504 e. The summed E-state index contributed by atoms with van der Waals surface area (Å²) in [7, 11) is -0.328. The van der Waals surface area contributed by atoms with Crippen LogP contribution in [0.15, 0.2) is 84.9 Å². The number of para-hydroxylation sites is 1. The number of hydrogen-bond acceptors (Lipinski definition) is 3. The molecule has 0 aliphatic rings. The molecule has 0 aliphatic heterocycles. The first-order valence-electron chi connectivity index (χ1n) is 9.52. The van der Waals surface area contributed by atoms with E-state index in [-0.39, 0.29) is 7.69 Å². The van der Waals surface area contributed by atoms with Crippen LogP contribution in [0.3, 0.4) is 0 Å². The molecule has 0 saturated carbocycles. The zero-order chi connectivity index (χ0) is 19.4. The Morgan fingerprint density at radius 2 is 1.48 bits per heavy atom. The standard InChI is InChI=1S/C24H16BNO2S/c27-25-28-15-12-13-21-19(14-15)16-6-1-3-9-20(16)26(21)22-10-5-8-18-17-7-2-4-11-23(17)29-24(18)22/h1-14,25,27H. The monoisotopic (exact) mass is 393 g/mol. The van der Waals surface area contributed by atoms with Crippen LogP contribution in [-0.4, -0.2) is 17.3 Å². The molecule has 5 heteroatoms. The van der Waals surface area contributed by atoms with Crippen molar-refractivity contribution >= 4 is 61.0 Å². The van der Waals surface area contributed by atoms with Gasteiger partial charge in [-0.25, -0.2) is 0 Å². The minimum absolute atomic E-state index is 0.328. The molecule has 0 amide bonds. The second-order valence-electron chi connectivity index (χ2n) is 7.06. The molecule has 0 atom stereocenters. The van der Waals surface area contributed by atoms with Crippen molar-refractivity contribution in [2.24, 2.45) is 0 Å². The van der Waals surface area contributed by atoms with Crippen LogP contribution in [0, 0.1) is 0 Å². The van der Waals surface area contributed by atoms with Crippen molar-refractivity contribution in [1.82, 2.24) is 4.57 Å². The van der Waals surface area contributed by atoms with Crippen LogP contribution >= 0.6 is 11.3 Å². The first-order chi connectivity index (χ1) is 14.3. The molecule has 0 bridgehead atoms. The van der Waals surface area contributed by atoms with Crippen molar-refractivity contribution in [2.45, 2.75) is 0 Å². The maximum atomic E-state index is 9.15. The van der Waals surface area contributed by atoms with Gasteiger partial charge in [0.05, 0.1) is 21.4 Å². The number of hydrogen-bond donors (Lipinski definition) is 1. The van der Waals surface area contributed by atoms with Gasteiger partial charge in [0.25, 0.3) is 0 Å². The lowest BCUT2D eigenvalue weighted by Gasteiger charge is -2.09. The van der Waals surface area contributed by atoms with Crippen LogP contribution in [0.1, 0.15) is 0 Å². The summed E-state index contributed by atoms with van der Waals surface area (Å²) in [5.74, 6) is 0.669. The summed E-state index contributed by atoms with van der Waals surface area (Å²) in [6.45, 7) is 0. The predicted molar refractivity (Wildman–Crippen MR) is 124 cm³/mol. The largest absolute Gasteiger partial charge is 0.539 e. The van der Waals surface area contributed by atoms with Crippen molar-refractivity contribution in [1.29, 1.82) is 0 Å². The van der Waals surface area contributed by atoms with Gasteiger partial charge >= 0.3 is 7.69 Å². The van der Waals surface area contributed by atoms with E-state index in [1.165, 1.54) is 31.2 Å². The lowest BCUT2D eigenvalue weighted by Crippen LogP contribution is -1.99. The van der Waals surface area contributed by atoms with Crippen LogP contribution in [0.4, 0.5) is 0 Å². The maximum absolute atomic E-state index is 9.15. The van der Waals surface area contributed by atoms with Gasteiger partial charge in [0, 0.05) is 26.2 Å². The molecule has 0 radical (unpaired) electrons. The number of rotatable bonds is 3. The fourth-order valence-electron chi connectivity index (χ4n) is 4.28. The molecule has 4 aromatic carbocycles. The first kappa shape index (κ1) is 16.7. The average molecular weight is 393 g/mol. The van der Waals surface area contributed by atoms with E-state index in [1.807, 2.05) is 23.5 Å². The van der Waals surface area contributed by atoms with Crippen molar-refractivity contribution < 1.29 is 9.68 Å². The molecule has 3 nitrogen and oxygen atoms in total. The minimum atomic E-state index is -0.328. The summed E-state index contributed by atoms with van der Waals surface area (Å²) in [6, 6.07) is 29.6. The van der Waals surface area contributed by atoms with Crippen LogP contribution in [0.25, 0.3) is 47.7 Å². The van der Waals surface area contributed by atoms with E-state index >= 15 is 0 Å². The summed E-state index contributed by atoms with van der Waals surface area (Å²) in [6.07, 6.45) is 0. The molecule has 6 rings (SSSR count). The Morgan fingerprint density at radius 3 is 2.38 bits per heavy atom. The zero-order valence-electron chi connectivity index (χ0n) is 15.5. The van der Waals surface area contributed by atoms with E-state index in [0.29, 0.717) is 5.75 Å². The third-order valence-corrected chi connectivity index (χ3v) is 6.71. The van der Waals surface area contributed by atoms with Crippen molar-refractivity contribution in [3.63, 3.8) is 0 Å². The fourth-order valence-corrected chi connectivity index (χ4v) is 5.49. The van der Waals surface area contributed by atoms with Crippen LogP contribution in [0.5, 0.6) is 5.75 Å². The minimum Gasteiger partial charge on any atom is -0.539 e. The molecule has 1 N–H and O–H groups in total. The highest BCUT2D eigenvalue weighted by Gasteiger charge is 2.16. The molecule has 6 aromatic rings. The lowest BCUT2D eigenvalue weighted by atomic mass is 10.1. The van der Waals surface area contributed by atoms with Crippen molar-refractivity contribution in [3.05, 3.63) is 84.9 Å².